The van der Waals surface area contributed by atoms with Crippen molar-refractivity contribution in [2.24, 2.45) is 0 Å². The molecule has 1 heterocycles. The van der Waals surface area contributed by atoms with E-state index in [9.17, 15) is 4.79 Å². The first-order valence-corrected chi connectivity index (χ1v) is 6.80. The molecule has 0 saturated heterocycles. The van der Waals surface area contributed by atoms with Crippen LogP contribution in [-0.4, -0.2) is 39.3 Å². The largest absolute Gasteiger partial charge is 0.340 e. The molecule has 6 heteroatoms. The van der Waals surface area contributed by atoms with E-state index < -0.39 is 0 Å². The lowest BCUT2D eigenvalue weighted by molar-refractivity contribution is 0.0787. The van der Waals surface area contributed by atoms with Gasteiger partial charge in [-0.05, 0) is 24.4 Å². The van der Waals surface area contributed by atoms with Crippen molar-refractivity contribution in [2.75, 3.05) is 18.9 Å². The number of nitrogens with zero attached hydrogens (tertiary/aromatic N) is 3. The summed E-state index contributed by atoms with van der Waals surface area (Å²) in [5.74, 6) is -0.0393. The van der Waals surface area contributed by atoms with Gasteiger partial charge < -0.3 is 4.90 Å². The molecule has 1 rings (SSSR count). The Labute approximate surface area is 102 Å². The van der Waals surface area contributed by atoms with E-state index in [1.54, 1.807) is 17.3 Å². The number of amides is 1. The predicted molar refractivity (Wildman–Crippen MR) is 64.5 cm³/mol. The molecular formula is C9H14BrN3OS. The third-order valence-corrected chi connectivity index (χ3v) is 3.12. The Morgan fingerprint density at radius 3 is 2.93 bits per heavy atom. The van der Waals surface area contributed by atoms with Crippen LogP contribution in [0.15, 0.2) is 5.38 Å². The first-order chi connectivity index (χ1) is 7.25. The van der Waals surface area contributed by atoms with Crippen LogP contribution in [0, 0.1) is 0 Å². The smallest absolute Gasteiger partial charge is 0.275 e. The fourth-order valence-electron chi connectivity index (χ4n) is 1.18. The minimum atomic E-state index is -0.0393. The number of carbonyl (C=O) groups excluding carboxylic acids is 1. The third-order valence-electron chi connectivity index (χ3n) is 2.05. The standard InChI is InChI=1S/C9H14BrN3OS/c1-13(6-4-2-3-5-10)9(14)8-7-15-12-11-8/h7H,2-6H2,1H3. The lowest BCUT2D eigenvalue weighted by Gasteiger charge is -2.14. The molecule has 1 amide bonds. The highest BCUT2D eigenvalue weighted by Gasteiger charge is 2.13. The predicted octanol–water partition coefficient (Wildman–Crippen LogP) is 2.18. The summed E-state index contributed by atoms with van der Waals surface area (Å²) in [4.78, 5) is 13.4. The van der Waals surface area contributed by atoms with Crippen molar-refractivity contribution in [2.45, 2.75) is 19.3 Å². The van der Waals surface area contributed by atoms with Crippen LogP contribution in [0.5, 0.6) is 0 Å². The van der Waals surface area contributed by atoms with Gasteiger partial charge in [0.25, 0.3) is 5.91 Å². The molecule has 0 N–H and O–H groups in total. The normalized spacial score (nSPS) is 10.3. The molecule has 1 aromatic heterocycles. The zero-order valence-corrected chi connectivity index (χ0v) is 11.1. The van der Waals surface area contributed by atoms with Crippen molar-refractivity contribution in [3.05, 3.63) is 11.1 Å². The van der Waals surface area contributed by atoms with Crippen molar-refractivity contribution < 1.29 is 4.79 Å². The molecule has 0 unspecified atom stereocenters. The topological polar surface area (TPSA) is 46.1 Å². The zero-order chi connectivity index (χ0) is 11.1. The van der Waals surface area contributed by atoms with E-state index in [0.29, 0.717) is 5.69 Å². The molecule has 84 valence electrons. The van der Waals surface area contributed by atoms with Gasteiger partial charge in [0.05, 0.1) is 0 Å². The summed E-state index contributed by atoms with van der Waals surface area (Å²) < 4.78 is 3.67. The van der Waals surface area contributed by atoms with Crippen molar-refractivity contribution >= 4 is 33.4 Å². The number of hydrogen-bond acceptors (Lipinski definition) is 4. The maximum absolute atomic E-state index is 11.7. The Morgan fingerprint density at radius 2 is 2.33 bits per heavy atom. The third kappa shape index (κ3) is 4.25. The lowest BCUT2D eigenvalue weighted by Crippen LogP contribution is -2.28. The van der Waals surface area contributed by atoms with Gasteiger partial charge in [-0.15, -0.1) is 5.10 Å². The molecule has 0 aliphatic rings. The molecule has 15 heavy (non-hydrogen) atoms. The number of unbranched alkanes of at least 4 members (excludes halogenated alkanes) is 2. The monoisotopic (exact) mass is 291 g/mol. The van der Waals surface area contributed by atoms with Gasteiger partial charge >= 0.3 is 0 Å². The van der Waals surface area contributed by atoms with Crippen LogP contribution in [0.25, 0.3) is 0 Å². The second-order valence-corrected chi connectivity index (χ2v) is 4.67. The van der Waals surface area contributed by atoms with Crippen molar-refractivity contribution in [1.82, 2.24) is 14.5 Å². The minimum Gasteiger partial charge on any atom is -0.340 e. The molecule has 1 aromatic rings. The Bertz CT molecular complexity index is 292. The average molecular weight is 292 g/mol. The first-order valence-electron chi connectivity index (χ1n) is 4.84. The molecule has 0 spiro atoms. The fourth-order valence-corrected chi connectivity index (χ4v) is 2.00. The summed E-state index contributed by atoms with van der Waals surface area (Å²) in [6.07, 6.45) is 3.32. The van der Waals surface area contributed by atoms with Crippen LogP contribution in [0.4, 0.5) is 0 Å². The summed E-state index contributed by atoms with van der Waals surface area (Å²) in [7, 11) is 1.80. The fraction of sp³-hybridized carbons (Fsp3) is 0.667. The summed E-state index contributed by atoms with van der Waals surface area (Å²) in [5.41, 5.74) is 0.447. The van der Waals surface area contributed by atoms with Crippen LogP contribution in [0.3, 0.4) is 0 Å². The van der Waals surface area contributed by atoms with Crippen LogP contribution in [-0.2, 0) is 0 Å². The maximum atomic E-state index is 11.7. The van der Waals surface area contributed by atoms with Gasteiger partial charge in [0.15, 0.2) is 5.69 Å². The van der Waals surface area contributed by atoms with Gasteiger partial charge in [0.2, 0.25) is 0 Å². The average Bonchev–Trinajstić information content (AvgIpc) is 2.76. The number of alkyl halides is 1. The van der Waals surface area contributed by atoms with E-state index in [2.05, 4.69) is 25.5 Å². The number of aromatic nitrogens is 2. The highest BCUT2D eigenvalue weighted by molar-refractivity contribution is 9.09. The molecule has 0 saturated carbocycles. The molecule has 0 radical (unpaired) electrons. The van der Waals surface area contributed by atoms with Gasteiger partial charge in [-0.1, -0.05) is 26.8 Å². The molecule has 0 bridgehead atoms. The zero-order valence-electron chi connectivity index (χ0n) is 8.65. The van der Waals surface area contributed by atoms with Crippen LogP contribution >= 0.6 is 27.5 Å². The van der Waals surface area contributed by atoms with E-state index in [1.807, 2.05) is 0 Å². The van der Waals surface area contributed by atoms with Gasteiger partial charge in [0, 0.05) is 24.3 Å². The summed E-state index contributed by atoms with van der Waals surface area (Å²) >= 11 is 4.58. The summed E-state index contributed by atoms with van der Waals surface area (Å²) in [5, 5.41) is 6.46. The molecule has 0 fully saturated rings. The maximum Gasteiger partial charge on any atom is 0.275 e. The summed E-state index contributed by atoms with van der Waals surface area (Å²) in [6, 6.07) is 0. The van der Waals surface area contributed by atoms with Crippen LogP contribution in [0.2, 0.25) is 0 Å². The van der Waals surface area contributed by atoms with Crippen molar-refractivity contribution in [3.8, 4) is 0 Å². The second-order valence-electron chi connectivity index (χ2n) is 3.27. The lowest BCUT2D eigenvalue weighted by atomic mass is 10.2. The number of halogens is 1. The Hall–Kier alpha value is -0.490. The summed E-state index contributed by atoms with van der Waals surface area (Å²) in [6.45, 7) is 0.781. The molecule has 0 atom stereocenters. The number of carbonyl (C=O) groups is 1. The highest BCUT2D eigenvalue weighted by atomic mass is 79.9. The van der Waals surface area contributed by atoms with E-state index in [0.717, 1.165) is 31.1 Å². The van der Waals surface area contributed by atoms with Crippen molar-refractivity contribution in [1.29, 1.82) is 0 Å². The van der Waals surface area contributed by atoms with Gasteiger partial charge in [-0.3, -0.25) is 4.79 Å². The van der Waals surface area contributed by atoms with Crippen LogP contribution in [0.1, 0.15) is 29.8 Å². The quantitative estimate of drug-likeness (QED) is 0.596. The number of rotatable bonds is 6. The van der Waals surface area contributed by atoms with Gasteiger partial charge in [-0.2, -0.15) is 0 Å². The van der Waals surface area contributed by atoms with Gasteiger partial charge in [-0.25, -0.2) is 0 Å². The SMILES string of the molecule is CN(CCCCCBr)C(=O)c1csnn1. The molecule has 4 nitrogen and oxygen atoms in total. The Kier molecular flexibility index (Phi) is 5.78. The van der Waals surface area contributed by atoms with E-state index >= 15 is 0 Å². The van der Waals surface area contributed by atoms with E-state index in [4.69, 9.17) is 0 Å². The van der Waals surface area contributed by atoms with E-state index in [1.165, 1.54) is 11.5 Å². The minimum absolute atomic E-state index is 0.0393. The van der Waals surface area contributed by atoms with Crippen LogP contribution < -0.4 is 0 Å². The second kappa shape index (κ2) is 6.90. The highest BCUT2D eigenvalue weighted by Crippen LogP contribution is 2.04. The van der Waals surface area contributed by atoms with E-state index in [-0.39, 0.29) is 5.91 Å². The Morgan fingerprint density at radius 1 is 1.53 bits per heavy atom. The number of hydrogen-bond donors (Lipinski definition) is 0. The van der Waals surface area contributed by atoms with Gasteiger partial charge in [0.1, 0.15) is 0 Å². The Balaban J connectivity index is 2.28. The molecular weight excluding hydrogens is 278 g/mol. The molecule has 0 aliphatic carbocycles. The van der Waals surface area contributed by atoms with Crippen molar-refractivity contribution in [3.63, 3.8) is 0 Å². The molecule has 0 aliphatic heterocycles. The first kappa shape index (κ1) is 12.6. The molecule has 0 aromatic carbocycles.